The minimum atomic E-state index is -3.58. The Balaban J connectivity index is 1.60. The first-order valence-corrected chi connectivity index (χ1v) is 11.9. The van der Waals surface area contributed by atoms with E-state index in [-0.39, 0.29) is 10.8 Å². The molecule has 0 aliphatic carbocycles. The van der Waals surface area contributed by atoms with Gasteiger partial charge in [0.2, 0.25) is 10.0 Å². The average Bonchev–Trinajstić information content (AvgIpc) is 3.32. The predicted molar refractivity (Wildman–Crippen MR) is 104 cm³/mol. The second-order valence-electron chi connectivity index (χ2n) is 7.40. The molecule has 1 aromatic rings. The van der Waals surface area contributed by atoms with Gasteiger partial charge in [0.05, 0.1) is 0 Å². The summed E-state index contributed by atoms with van der Waals surface area (Å²) in [4.78, 5) is 15.5. The van der Waals surface area contributed by atoms with Gasteiger partial charge in [0.15, 0.2) is 0 Å². The zero-order chi connectivity index (χ0) is 18.6. The maximum absolute atomic E-state index is 12.9. The second kappa shape index (κ2) is 8.82. The topological polar surface area (TPSA) is 69.7 Å². The molecule has 0 saturated carbocycles. The van der Waals surface area contributed by atoms with Crippen molar-refractivity contribution in [2.24, 2.45) is 5.92 Å². The maximum Gasteiger partial charge on any atom is 0.262 e. The molecule has 2 saturated heterocycles. The monoisotopic (exact) mass is 399 g/mol. The van der Waals surface area contributed by atoms with Gasteiger partial charge in [0, 0.05) is 26.2 Å². The van der Waals surface area contributed by atoms with E-state index in [0.717, 1.165) is 38.9 Å². The van der Waals surface area contributed by atoms with Crippen molar-refractivity contribution in [3.8, 4) is 0 Å². The highest BCUT2D eigenvalue weighted by Crippen LogP contribution is 2.27. The lowest BCUT2D eigenvalue weighted by molar-refractivity contribution is 0.0946. The summed E-state index contributed by atoms with van der Waals surface area (Å²) in [7, 11) is -3.58. The van der Waals surface area contributed by atoms with Crippen molar-refractivity contribution in [1.82, 2.24) is 14.5 Å². The second-order valence-corrected chi connectivity index (χ2v) is 10.2. The van der Waals surface area contributed by atoms with E-state index < -0.39 is 10.0 Å². The Morgan fingerprint density at radius 2 is 1.81 bits per heavy atom. The van der Waals surface area contributed by atoms with Crippen LogP contribution in [-0.2, 0) is 10.0 Å². The van der Waals surface area contributed by atoms with Crippen LogP contribution in [0.1, 0.15) is 48.7 Å². The molecule has 26 heavy (non-hydrogen) atoms. The molecule has 1 atom stereocenters. The van der Waals surface area contributed by atoms with Crippen molar-refractivity contribution in [3.63, 3.8) is 0 Å². The number of thiophene rings is 1. The van der Waals surface area contributed by atoms with Gasteiger partial charge in [-0.1, -0.05) is 13.3 Å². The fraction of sp³-hybridized carbons (Fsp3) is 0.722. The number of sulfonamides is 1. The van der Waals surface area contributed by atoms with Crippen LogP contribution >= 0.6 is 11.3 Å². The molecule has 146 valence electrons. The molecule has 0 bridgehead atoms. The van der Waals surface area contributed by atoms with Crippen LogP contribution in [0.4, 0.5) is 0 Å². The fourth-order valence-corrected chi connectivity index (χ4v) is 6.56. The van der Waals surface area contributed by atoms with Gasteiger partial charge in [-0.15, -0.1) is 11.3 Å². The summed E-state index contributed by atoms with van der Waals surface area (Å²) >= 11 is 1.20. The number of carbonyl (C=O) groups is 1. The first kappa shape index (κ1) is 19.8. The lowest BCUT2D eigenvalue weighted by Gasteiger charge is -2.26. The lowest BCUT2D eigenvalue weighted by atomic mass is 10.1. The molecule has 6 nitrogen and oxygen atoms in total. The highest BCUT2D eigenvalue weighted by molar-refractivity contribution is 7.89. The van der Waals surface area contributed by atoms with Crippen LogP contribution in [0.25, 0.3) is 0 Å². The van der Waals surface area contributed by atoms with E-state index in [0.29, 0.717) is 30.4 Å². The van der Waals surface area contributed by atoms with Crippen LogP contribution in [-0.4, -0.2) is 62.8 Å². The Bertz CT molecular complexity index is 705. The third-order valence-electron chi connectivity index (χ3n) is 5.15. The van der Waals surface area contributed by atoms with Crippen LogP contribution in [0.2, 0.25) is 0 Å². The van der Waals surface area contributed by atoms with Crippen molar-refractivity contribution in [2.75, 3.05) is 39.3 Å². The summed E-state index contributed by atoms with van der Waals surface area (Å²) < 4.78 is 27.3. The van der Waals surface area contributed by atoms with Crippen LogP contribution in [0.5, 0.6) is 0 Å². The molecule has 3 heterocycles. The standard InChI is InChI=1S/C18H29N3O3S2/c1-15(14-20-8-5-6-9-20)13-19-18(22)17-16(7-12-25-17)26(23,24)21-10-3-2-4-11-21/h7,12,15H,2-6,8-11,13-14H2,1H3,(H,19,22). The number of rotatable bonds is 7. The number of nitrogens with one attached hydrogen (secondary N) is 1. The van der Waals surface area contributed by atoms with E-state index in [1.165, 1.54) is 28.5 Å². The Hall–Kier alpha value is -0.960. The molecule has 0 aromatic carbocycles. The third kappa shape index (κ3) is 4.65. The van der Waals surface area contributed by atoms with Crippen LogP contribution < -0.4 is 5.32 Å². The van der Waals surface area contributed by atoms with E-state index in [9.17, 15) is 13.2 Å². The van der Waals surface area contributed by atoms with Crippen LogP contribution in [0.15, 0.2) is 16.3 Å². The smallest absolute Gasteiger partial charge is 0.262 e. The molecule has 1 aromatic heterocycles. The number of carbonyl (C=O) groups excluding carboxylic acids is 1. The zero-order valence-corrected chi connectivity index (χ0v) is 17.1. The van der Waals surface area contributed by atoms with Gasteiger partial charge in [-0.3, -0.25) is 4.79 Å². The van der Waals surface area contributed by atoms with E-state index in [2.05, 4.69) is 17.1 Å². The summed E-state index contributed by atoms with van der Waals surface area (Å²) in [6, 6.07) is 1.57. The summed E-state index contributed by atoms with van der Waals surface area (Å²) in [5.41, 5.74) is 0. The zero-order valence-electron chi connectivity index (χ0n) is 15.4. The number of amides is 1. The number of nitrogens with zero attached hydrogens (tertiary/aromatic N) is 2. The van der Waals surface area contributed by atoms with E-state index >= 15 is 0 Å². The molecular formula is C18H29N3O3S2. The first-order valence-electron chi connectivity index (χ1n) is 9.56. The van der Waals surface area contributed by atoms with E-state index in [4.69, 9.17) is 0 Å². The van der Waals surface area contributed by atoms with Gasteiger partial charge in [-0.05, 0) is 56.1 Å². The molecule has 8 heteroatoms. The quantitative estimate of drug-likeness (QED) is 0.764. The maximum atomic E-state index is 12.9. The Labute approximate surface area is 160 Å². The SMILES string of the molecule is CC(CNC(=O)c1sccc1S(=O)(=O)N1CCCCC1)CN1CCCC1. The Kier molecular flexibility index (Phi) is 6.71. The van der Waals surface area contributed by atoms with Crippen molar-refractivity contribution >= 4 is 27.3 Å². The van der Waals surface area contributed by atoms with Crippen molar-refractivity contribution in [1.29, 1.82) is 0 Å². The summed E-state index contributed by atoms with van der Waals surface area (Å²) in [6.07, 6.45) is 5.35. The number of hydrogen-bond donors (Lipinski definition) is 1. The average molecular weight is 400 g/mol. The predicted octanol–water partition coefficient (Wildman–Crippen LogP) is 2.38. The van der Waals surface area contributed by atoms with Gasteiger partial charge in [0.1, 0.15) is 9.77 Å². The largest absolute Gasteiger partial charge is 0.351 e. The Morgan fingerprint density at radius 1 is 1.15 bits per heavy atom. The number of piperidine rings is 1. The Morgan fingerprint density at radius 3 is 2.50 bits per heavy atom. The molecule has 3 rings (SSSR count). The fourth-order valence-electron chi connectivity index (χ4n) is 3.73. The molecule has 2 aliphatic heterocycles. The van der Waals surface area contributed by atoms with Gasteiger partial charge in [-0.25, -0.2) is 8.42 Å². The minimum Gasteiger partial charge on any atom is -0.351 e. The van der Waals surface area contributed by atoms with Gasteiger partial charge in [0.25, 0.3) is 5.91 Å². The summed E-state index contributed by atoms with van der Waals surface area (Å²) in [5, 5.41) is 4.63. The van der Waals surface area contributed by atoms with Crippen molar-refractivity contribution < 1.29 is 13.2 Å². The molecule has 1 N–H and O–H groups in total. The van der Waals surface area contributed by atoms with Crippen LogP contribution in [0.3, 0.4) is 0 Å². The summed E-state index contributed by atoms with van der Waals surface area (Å²) in [6.45, 7) is 7.04. The number of likely N-dealkylation sites (tertiary alicyclic amines) is 1. The molecule has 2 aliphatic rings. The minimum absolute atomic E-state index is 0.161. The van der Waals surface area contributed by atoms with Gasteiger partial charge < -0.3 is 10.2 Å². The lowest BCUT2D eigenvalue weighted by Crippen LogP contribution is -2.37. The summed E-state index contributed by atoms with van der Waals surface area (Å²) in [5.74, 6) is 0.0722. The van der Waals surface area contributed by atoms with E-state index in [1.54, 1.807) is 11.4 Å². The number of hydrogen-bond acceptors (Lipinski definition) is 5. The molecule has 2 fully saturated rings. The molecular weight excluding hydrogens is 370 g/mol. The highest BCUT2D eigenvalue weighted by atomic mass is 32.2. The first-order chi connectivity index (χ1) is 12.5. The normalized spacial score (nSPS) is 21.0. The van der Waals surface area contributed by atoms with E-state index in [1.807, 2.05) is 0 Å². The molecule has 1 amide bonds. The van der Waals surface area contributed by atoms with Gasteiger partial charge in [-0.2, -0.15) is 4.31 Å². The van der Waals surface area contributed by atoms with Crippen molar-refractivity contribution in [3.05, 3.63) is 16.3 Å². The molecule has 0 spiro atoms. The van der Waals surface area contributed by atoms with Crippen LogP contribution in [0, 0.1) is 5.92 Å². The molecule has 0 radical (unpaired) electrons. The molecule has 1 unspecified atom stereocenters. The third-order valence-corrected chi connectivity index (χ3v) is 8.13. The highest BCUT2D eigenvalue weighted by Gasteiger charge is 2.31. The van der Waals surface area contributed by atoms with Gasteiger partial charge >= 0.3 is 0 Å². The van der Waals surface area contributed by atoms with Crippen molar-refractivity contribution in [2.45, 2.75) is 43.9 Å².